The third-order valence-electron chi connectivity index (χ3n) is 3.58. The average molecular weight is 278 g/mol. The molecule has 2 heterocycles. The Morgan fingerprint density at radius 2 is 2.35 bits per heavy atom. The summed E-state index contributed by atoms with van der Waals surface area (Å²) in [7, 11) is 0. The molecule has 0 spiro atoms. The van der Waals surface area contributed by atoms with Gasteiger partial charge in [-0.3, -0.25) is 4.90 Å². The molecule has 0 radical (unpaired) electrons. The van der Waals surface area contributed by atoms with Gasteiger partial charge >= 0.3 is 0 Å². The maximum atomic E-state index is 5.84. The van der Waals surface area contributed by atoms with Gasteiger partial charge in [0.2, 0.25) is 0 Å². The molecule has 1 aromatic heterocycles. The molecule has 5 nitrogen and oxygen atoms in total. The van der Waals surface area contributed by atoms with Crippen LogP contribution >= 0.6 is 0 Å². The summed E-state index contributed by atoms with van der Waals surface area (Å²) in [5, 5.41) is 3.37. The van der Waals surface area contributed by atoms with Crippen LogP contribution in [0.1, 0.15) is 44.8 Å². The molecular formula is C15H26N4O. The predicted molar refractivity (Wildman–Crippen MR) is 79.4 cm³/mol. The van der Waals surface area contributed by atoms with E-state index >= 15 is 0 Å². The highest BCUT2D eigenvalue weighted by molar-refractivity contribution is 5.05. The Hall–Kier alpha value is -1.04. The Morgan fingerprint density at radius 1 is 1.50 bits per heavy atom. The first-order valence-corrected chi connectivity index (χ1v) is 7.59. The van der Waals surface area contributed by atoms with Gasteiger partial charge in [-0.1, -0.05) is 6.92 Å². The molecule has 1 fully saturated rings. The van der Waals surface area contributed by atoms with Crippen LogP contribution in [0.3, 0.4) is 0 Å². The first-order valence-electron chi connectivity index (χ1n) is 7.59. The lowest BCUT2D eigenvalue weighted by Gasteiger charge is -2.34. The van der Waals surface area contributed by atoms with Crippen molar-refractivity contribution in [2.45, 2.75) is 45.9 Å². The number of ether oxygens (including phenoxy) is 1. The Morgan fingerprint density at radius 3 is 3.10 bits per heavy atom. The van der Waals surface area contributed by atoms with Gasteiger partial charge < -0.3 is 10.1 Å². The SMILES string of the molecule is CCCNCc1ccnc(C2CN(C(C)C)CCO2)n1. The van der Waals surface area contributed by atoms with E-state index in [1.807, 2.05) is 12.3 Å². The fourth-order valence-corrected chi connectivity index (χ4v) is 2.35. The summed E-state index contributed by atoms with van der Waals surface area (Å²) in [6.07, 6.45) is 2.97. The Labute approximate surface area is 121 Å². The zero-order valence-corrected chi connectivity index (χ0v) is 12.8. The standard InChI is InChI=1S/C15H26N4O/c1-4-6-16-10-13-5-7-17-15(18-13)14-11-19(12(2)3)8-9-20-14/h5,7,12,14,16H,4,6,8-11H2,1-3H3. The quantitative estimate of drug-likeness (QED) is 0.804. The van der Waals surface area contributed by atoms with E-state index in [4.69, 9.17) is 4.74 Å². The van der Waals surface area contributed by atoms with Crippen molar-refractivity contribution < 1.29 is 4.74 Å². The van der Waals surface area contributed by atoms with Gasteiger partial charge in [0.05, 0.1) is 12.3 Å². The smallest absolute Gasteiger partial charge is 0.158 e. The summed E-state index contributed by atoms with van der Waals surface area (Å²) >= 11 is 0. The second-order valence-electron chi connectivity index (χ2n) is 5.53. The third kappa shape index (κ3) is 4.23. The Bertz CT molecular complexity index is 411. The van der Waals surface area contributed by atoms with E-state index in [0.29, 0.717) is 6.04 Å². The van der Waals surface area contributed by atoms with E-state index < -0.39 is 0 Å². The summed E-state index contributed by atoms with van der Waals surface area (Å²) < 4.78 is 5.84. The number of nitrogens with one attached hydrogen (secondary N) is 1. The van der Waals surface area contributed by atoms with Gasteiger partial charge in [0.1, 0.15) is 6.10 Å². The number of morpholine rings is 1. The summed E-state index contributed by atoms with van der Waals surface area (Å²) in [5.41, 5.74) is 1.04. The zero-order chi connectivity index (χ0) is 14.4. The average Bonchev–Trinajstić information content (AvgIpc) is 2.48. The first-order chi connectivity index (χ1) is 9.70. The van der Waals surface area contributed by atoms with Gasteiger partial charge in [-0.05, 0) is 32.9 Å². The minimum absolute atomic E-state index is 0.00252. The number of aromatic nitrogens is 2. The Balaban J connectivity index is 1.99. The summed E-state index contributed by atoms with van der Waals surface area (Å²) in [4.78, 5) is 11.4. The topological polar surface area (TPSA) is 50.3 Å². The van der Waals surface area contributed by atoms with Gasteiger partial charge in [0, 0.05) is 31.9 Å². The molecule has 5 heteroatoms. The van der Waals surface area contributed by atoms with Crippen LogP contribution < -0.4 is 5.32 Å². The highest BCUT2D eigenvalue weighted by Crippen LogP contribution is 2.20. The Kier molecular flexibility index (Phi) is 5.88. The minimum Gasteiger partial charge on any atom is -0.368 e. The lowest BCUT2D eigenvalue weighted by molar-refractivity contribution is -0.0443. The van der Waals surface area contributed by atoms with Crippen molar-refractivity contribution in [1.29, 1.82) is 0 Å². The predicted octanol–water partition coefficient (Wildman–Crippen LogP) is 1.76. The van der Waals surface area contributed by atoms with Crippen LogP contribution in [0.2, 0.25) is 0 Å². The second-order valence-corrected chi connectivity index (χ2v) is 5.53. The van der Waals surface area contributed by atoms with E-state index in [2.05, 4.69) is 41.0 Å². The van der Waals surface area contributed by atoms with Crippen LogP contribution in [0, 0.1) is 0 Å². The van der Waals surface area contributed by atoms with Crippen molar-refractivity contribution in [3.8, 4) is 0 Å². The number of rotatable bonds is 6. The van der Waals surface area contributed by atoms with Gasteiger partial charge in [-0.2, -0.15) is 0 Å². The van der Waals surface area contributed by atoms with Crippen molar-refractivity contribution in [2.75, 3.05) is 26.2 Å². The highest BCUT2D eigenvalue weighted by Gasteiger charge is 2.25. The molecule has 112 valence electrons. The molecule has 1 aliphatic heterocycles. The van der Waals surface area contributed by atoms with Crippen LogP contribution in [0.4, 0.5) is 0 Å². The van der Waals surface area contributed by atoms with E-state index in [-0.39, 0.29) is 6.10 Å². The molecule has 1 unspecified atom stereocenters. The van der Waals surface area contributed by atoms with Gasteiger partial charge in [0.15, 0.2) is 5.82 Å². The normalized spacial score (nSPS) is 20.5. The molecule has 1 atom stereocenters. The number of nitrogens with zero attached hydrogens (tertiary/aromatic N) is 3. The van der Waals surface area contributed by atoms with Crippen LogP contribution in [0.5, 0.6) is 0 Å². The van der Waals surface area contributed by atoms with Crippen molar-refractivity contribution in [1.82, 2.24) is 20.2 Å². The zero-order valence-electron chi connectivity index (χ0n) is 12.8. The van der Waals surface area contributed by atoms with Crippen molar-refractivity contribution in [3.05, 3.63) is 23.8 Å². The fourth-order valence-electron chi connectivity index (χ4n) is 2.35. The maximum absolute atomic E-state index is 5.84. The second kappa shape index (κ2) is 7.67. The van der Waals surface area contributed by atoms with E-state index in [1.54, 1.807) is 0 Å². The van der Waals surface area contributed by atoms with Gasteiger partial charge in [-0.25, -0.2) is 9.97 Å². The first kappa shape index (κ1) is 15.4. The van der Waals surface area contributed by atoms with E-state index in [1.165, 1.54) is 0 Å². The lowest BCUT2D eigenvalue weighted by atomic mass is 10.2. The molecule has 0 amide bonds. The monoisotopic (exact) mass is 278 g/mol. The largest absolute Gasteiger partial charge is 0.368 e. The molecule has 1 aromatic rings. The van der Waals surface area contributed by atoms with Crippen LogP contribution in [0.25, 0.3) is 0 Å². The lowest BCUT2D eigenvalue weighted by Crippen LogP contribution is -2.42. The van der Waals surface area contributed by atoms with Gasteiger partial charge in [-0.15, -0.1) is 0 Å². The maximum Gasteiger partial charge on any atom is 0.158 e. The fraction of sp³-hybridized carbons (Fsp3) is 0.733. The van der Waals surface area contributed by atoms with Crippen LogP contribution in [-0.2, 0) is 11.3 Å². The van der Waals surface area contributed by atoms with E-state index in [0.717, 1.165) is 50.7 Å². The molecule has 0 saturated carbocycles. The van der Waals surface area contributed by atoms with Gasteiger partial charge in [0.25, 0.3) is 0 Å². The van der Waals surface area contributed by atoms with Crippen LogP contribution in [-0.4, -0.2) is 47.2 Å². The summed E-state index contributed by atoms with van der Waals surface area (Å²) in [6.45, 7) is 11.0. The van der Waals surface area contributed by atoms with E-state index in [9.17, 15) is 0 Å². The number of hydrogen-bond donors (Lipinski definition) is 1. The highest BCUT2D eigenvalue weighted by atomic mass is 16.5. The minimum atomic E-state index is -0.00252. The van der Waals surface area contributed by atoms with Crippen molar-refractivity contribution in [2.24, 2.45) is 0 Å². The molecule has 1 aliphatic rings. The van der Waals surface area contributed by atoms with Crippen molar-refractivity contribution >= 4 is 0 Å². The molecule has 1 N–H and O–H groups in total. The summed E-state index contributed by atoms with van der Waals surface area (Å²) in [5.74, 6) is 0.811. The molecule has 0 aliphatic carbocycles. The number of hydrogen-bond acceptors (Lipinski definition) is 5. The molecular weight excluding hydrogens is 252 g/mol. The van der Waals surface area contributed by atoms with Crippen molar-refractivity contribution in [3.63, 3.8) is 0 Å². The molecule has 1 saturated heterocycles. The molecule has 2 rings (SSSR count). The third-order valence-corrected chi connectivity index (χ3v) is 3.58. The molecule has 0 bridgehead atoms. The van der Waals surface area contributed by atoms with Crippen LogP contribution in [0.15, 0.2) is 12.3 Å². The summed E-state index contributed by atoms with van der Waals surface area (Å²) in [6, 6.07) is 2.51. The molecule has 20 heavy (non-hydrogen) atoms. The molecule has 0 aromatic carbocycles.